The highest BCUT2D eigenvalue weighted by atomic mass is 19.4. The highest BCUT2D eigenvalue weighted by Gasteiger charge is 2.36. The molecule has 1 amide bonds. The van der Waals surface area contributed by atoms with Crippen molar-refractivity contribution in [3.63, 3.8) is 0 Å². The summed E-state index contributed by atoms with van der Waals surface area (Å²) < 4.78 is 44.4. The highest BCUT2D eigenvalue weighted by Crippen LogP contribution is 2.29. The summed E-state index contributed by atoms with van der Waals surface area (Å²) in [5.74, 6) is 0.310. The van der Waals surface area contributed by atoms with E-state index in [0.29, 0.717) is 23.6 Å². The molecule has 118 valence electrons. The molecule has 0 unspecified atom stereocenters. The molecule has 0 aliphatic carbocycles. The molecule has 3 rings (SSSR count). The van der Waals surface area contributed by atoms with E-state index in [2.05, 4.69) is 10.1 Å². The lowest BCUT2D eigenvalue weighted by Gasteiger charge is -2.27. The van der Waals surface area contributed by atoms with Crippen LogP contribution in [0.15, 0.2) is 10.7 Å². The largest absolute Gasteiger partial charge is 0.434 e. The fraction of sp³-hybridized carbons (Fsp3) is 0.462. The fourth-order valence-corrected chi connectivity index (χ4v) is 2.51. The van der Waals surface area contributed by atoms with Crippen molar-refractivity contribution in [2.75, 3.05) is 6.54 Å². The molecule has 0 radical (unpaired) electrons. The maximum Gasteiger partial charge on any atom is 0.434 e. The summed E-state index contributed by atoms with van der Waals surface area (Å²) in [5, 5.41) is 3.72. The molecule has 1 aliphatic rings. The Morgan fingerprint density at radius 3 is 2.64 bits per heavy atom. The molecule has 0 aromatic carbocycles. The summed E-state index contributed by atoms with van der Waals surface area (Å²) >= 11 is 0. The summed E-state index contributed by atoms with van der Waals surface area (Å²) in [7, 11) is 0. The summed E-state index contributed by atoms with van der Waals surface area (Å²) in [6.45, 7) is 3.88. The lowest BCUT2D eigenvalue weighted by atomic mass is 10.1. The first-order valence-electron chi connectivity index (χ1n) is 6.62. The van der Waals surface area contributed by atoms with Crippen LogP contribution < -0.4 is 0 Å². The third-order valence-electron chi connectivity index (χ3n) is 3.63. The first-order chi connectivity index (χ1) is 10.3. The molecule has 2 aromatic rings. The number of aromatic nitrogens is 3. The highest BCUT2D eigenvalue weighted by molar-refractivity contribution is 5.96. The van der Waals surface area contributed by atoms with Crippen LogP contribution in [-0.2, 0) is 19.3 Å². The van der Waals surface area contributed by atoms with Crippen molar-refractivity contribution in [2.45, 2.75) is 33.1 Å². The van der Waals surface area contributed by atoms with Gasteiger partial charge in [0.25, 0.3) is 5.91 Å². The van der Waals surface area contributed by atoms with Crippen LogP contribution in [0.1, 0.15) is 33.3 Å². The minimum Gasteiger partial charge on any atom is -0.361 e. The molecule has 9 heteroatoms. The molecule has 22 heavy (non-hydrogen) atoms. The zero-order valence-electron chi connectivity index (χ0n) is 11.9. The molecule has 0 N–H and O–H groups in total. The average molecular weight is 314 g/mol. The summed E-state index contributed by atoms with van der Waals surface area (Å²) in [5.41, 5.74) is -0.113. The van der Waals surface area contributed by atoms with E-state index in [4.69, 9.17) is 4.52 Å². The number of fused-ring (bicyclic) bond motifs is 1. The molecule has 3 heterocycles. The van der Waals surface area contributed by atoms with Gasteiger partial charge in [-0.3, -0.25) is 4.79 Å². The second-order valence-corrected chi connectivity index (χ2v) is 5.16. The van der Waals surface area contributed by atoms with E-state index in [0.717, 1.165) is 6.20 Å². The molecule has 0 atom stereocenters. The lowest BCUT2D eigenvalue weighted by molar-refractivity contribution is -0.141. The Morgan fingerprint density at radius 2 is 2.05 bits per heavy atom. The molecule has 6 nitrogen and oxygen atoms in total. The third-order valence-corrected chi connectivity index (χ3v) is 3.63. The van der Waals surface area contributed by atoms with Crippen LogP contribution >= 0.6 is 0 Å². The average Bonchev–Trinajstić information content (AvgIpc) is 3.00. The van der Waals surface area contributed by atoms with Crippen LogP contribution in [0.2, 0.25) is 0 Å². The van der Waals surface area contributed by atoms with Crippen molar-refractivity contribution >= 4 is 5.91 Å². The second kappa shape index (κ2) is 4.85. The number of carbonyl (C=O) groups excluding carboxylic acids is 1. The van der Waals surface area contributed by atoms with Crippen molar-refractivity contribution < 1.29 is 22.5 Å². The lowest BCUT2D eigenvalue weighted by Crippen LogP contribution is -2.38. The van der Waals surface area contributed by atoms with Gasteiger partial charge < -0.3 is 14.0 Å². The van der Waals surface area contributed by atoms with E-state index in [9.17, 15) is 18.0 Å². The van der Waals surface area contributed by atoms with Gasteiger partial charge in [0.05, 0.1) is 12.2 Å². The number of aryl methyl sites for hydroxylation is 2. The molecular formula is C13H13F3N4O2. The summed E-state index contributed by atoms with van der Waals surface area (Å²) in [6, 6.07) is 0. The Bertz CT molecular complexity index is 713. The van der Waals surface area contributed by atoms with Crippen molar-refractivity contribution in [2.24, 2.45) is 0 Å². The van der Waals surface area contributed by atoms with E-state index in [1.54, 1.807) is 13.8 Å². The molecule has 0 bridgehead atoms. The van der Waals surface area contributed by atoms with Crippen LogP contribution in [0.4, 0.5) is 13.2 Å². The molecule has 0 saturated carbocycles. The Hall–Kier alpha value is -2.32. The molecule has 0 fully saturated rings. The van der Waals surface area contributed by atoms with E-state index >= 15 is 0 Å². The number of rotatable bonds is 1. The van der Waals surface area contributed by atoms with Gasteiger partial charge in [-0.2, -0.15) is 13.2 Å². The van der Waals surface area contributed by atoms with Crippen LogP contribution in [-0.4, -0.2) is 32.1 Å². The van der Waals surface area contributed by atoms with Crippen LogP contribution in [0, 0.1) is 13.8 Å². The minimum absolute atomic E-state index is 0.0268. The van der Waals surface area contributed by atoms with Gasteiger partial charge in [-0.1, -0.05) is 5.16 Å². The minimum atomic E-state index is -4.49. The van der Waals surface area contributed by atoms with Crippen molar-refractivity contribution in [3.8, 4) is 0 Å². The number of alkyl halides is 3. The summed E-state index contributed by atoms with van der Waals surface area (Å²) in [4.78, 5) is 17.5. The van der Waals surface area contributed by atoms with Gasteiger partial charge in [0, 0.05) is 19.3 Å². The fourth-order valence-electron chi connectivity index (χ4n) is 2.51. The number of hydrogen-bond donors (Lipinski definition) is 0. The van der Waals surface area contributed by atoms with E-state index < -0.39 is 11.9 Å². The smallest absolute Gasteiger partial charge is 0.361 e. The molecule has 1 aliphatic heterocycles. The summed E-state index contributed by atoms with van der Waals surface area (Å²) in [6.07, 6.45) is -3.51. The number of nitrogens with zero attached hydrogens (tertiary/aromatic N) is 4. The van der Waals surface area contributed by atoms with Crippen LogP contribution in [0.25, 0.3) is 0 Å². The number of imidazole rings is 1. The van der Waals surface area contributed by atoms with Gasteiger partial charge in [-0.05, 0) is 13.8 Å². The maximum absolute atomic E-state index is 12.7. The predicted octanol–water partition coefficient (Wildman–Crippen LogP) is 2.16. The first kappa shape index (κ1) is 14.6. The molecule has 2 aromatic heterocycles. The first-order valence-corrected chi connectivity index (χ1v) is 6.62. The Labute approximate surface area is 123 Å². The van der Waals surface area contributed by atoms with Gasteiger partial charge in [0.15, 0.2) is 5.69 Å². The van der Waals surface area contributed by atoms with Crippen LogP contribution in [0.3, 0.4) is 0 Å². The maximum atomic E-state index is 12.7. The van der Waals surface area contributed by atoms with Crippen molar-refractivity contribution in [1.29, 1.82) is 0 Å². The SMILES string of the molecule is Cc1noc(C)c1C(=O)N1CCn2cc(C(F)(F)F)nc2C1. The van der Waals surface area contributed by atoms with Gasteiger partial charge >= 0.3 is 6.18 Å². The molecular weight excluding hydrogens is 301 g/mol. The Morgan fingerprint density at radius 1 is 1.32 bits per heavy atom. The number of halogens is 3. The topological polar surface area (TPSA) is 64.2 Å². The molecule has 0 saturated heterocycles. The zero-order chi connectivity index (χ0) is 16.1. The number of carbonyl (C=O) groups is 1. The van der Waals surface area contributed by atoms with Crippen LogP contribution in [0.5, 0.6) is 0 Å². The normalized spacial score (nSPS) is 15.0. The third kappa shape index (κ3) is 2.36. The second-order valence-electron chi connectivity index (χ2n) is 5.16. The molecule has 0 spiro atoms. The van der Waals surface area contributed by atoms with Crippen molar-refractivity contribution in [3.05, 3.63) is 34.7 Å². The number of hydrogen-bond acceptors (Lipinski definition) is 4. The van der Waals surface area contributed by atoms with Crippen molar-refractivity contribution in [1.82, 2.24) is 19.6 Å². The Kier molecular flexibility index (Phi) is 3.22. The van der Waals surface area contributed by atoms with Gasteiger partial charge in [-0.25, -0.2) is 4.98 Å². The van der Waals surface area contributed by atoms with E-state index in [1.165, 1.54) is 9.47 Å². The predicted molar refractivity (Wildman–Crippen MR) is 67.9 cm³/mol. The van der Waals surface area contributed by atoms with E-state index in [1.807, 2.05) is 0 Å². The monoisotopic (exact) mass is 314 g/mol. The zero-order valence-corrected chi connectivity index (χ0v) is 11.9. The number of amides is 1. The van der Waals surface area contributed by atoms with E-state index in [-0.39, 0.29) is 24.8 Å². The van der Waals surface area contributed by atoms with Gasteiger partial charge in [0.1, 0.15) is 17.1 Å². The van der Waals surface area contributed by atoms with Gasteiger partial charge in [0.2, 0.25) is 0 Å². The standard InChI is InChI=1S/C13H13F3N4O2/c1-7-11(8(2)22-18-7)12(21)20-4-3-19-5-9(13(14,15)16)17-10(19)6-20/h5H,3-4,6H2,1-2H3. The Balaban J connectivity index is 1.85. The van der Waals surface area contributed by atoms with Gasteiger partial charge in [-0.15, -0.1) is 0 Å². The quantitative estimate of drug-likeness (QED) is 0.809.